The molecule has 122 valence electrons. The Bertz CT molecular complexity index is 368. The Morgan fingerprint density at radius 3 is 1.32 bits per heavy atom. The van der Waals surface area contributed by atoms with Crippen LogP contribution in [0.4, 0.5) is 0 Å². The van der Waals surface area contributed by atoms with Crippen molar-refractivity contribution in [2.24, 2.45) is 35.5 Å². The van der Waals surface area contributed by atoms with Gasteiger partial charge in [0.2, 0.25) is 0 Å². The van der Waals surface area contributed by atoms with Gasteiger partial charge in [-0.05, 0) is 113 Å². The molecular formula is C20H33P2+. The van der Waals surface area contributed by atoms with Gasteiger partial charge >= 0.3 is 0 Å². The van der Waals surface area contributed by atoms with E-state index in [1.54, 1.807) is 77.0 Å². The van der Waals surface area contributed by atoms with Crippen LogP contribution < -0.4 is 0 Å². The molecule has 0 heterocycles. The smallest absolute Gasteiger partial charge is 0.0475 e. The number of hydrogen-bond acceptors (Lipinski definition) is 0. The average molecular weight is 335 g/mol. The largest absolute Gasteiger partial charge is 0.0782 e. The molecule has 22 heavy (non-hydrogen) atoms. The highest BCUT2D eigenvalue weighted by Gasteiger charge is 2.57. The molecule has 8 fully saturated rings. The van der Waals surface area contributed by atoms with Crippen molar-refractivity contribution in [3.05, 3.63) is 0 Å². The first kappa shape index (κ1) is 14.1. The highest BCUT2D eigenvalue weighted by Crippen LogP contribution is 2.73. The summed E-state index contributed by atoms with van der Waals surface area (Å²) in [5.41, 5.74) is 0. The fourth-order valence-electron chi connectivity index (χ4n) is 8.95. The van der Waals surface area contributed by atoms with E-state index in [2.05, 4.69) is 0 Å². The van der Waals surface area contributed by atoms with Crippen molar-refractivity contribution in [3.8, 4) is 0 Å². The van der Waals surface area contributed by atoms with Crippen molar-refractivity contribution in [3.63, 3.8) is 0 Å². The van der Waals surface area contributed by atoms with E-state index < -0.39 is 0 Å². The molecule has 8 rings (SSSR count). The number of hydrogen-bond donors (Lipinski definition) is 0. The monoisotopic (exact) mass is 335 g/mol. The van der Waals surface area contributed by atoms with Gasteiger partial charge in [-0.3, -0.25) is 0 Å². The molecular weight excluding hydrogens is 302 g/mol. The Hall–Kier alpha value is 0.860. The van der Waals surface area contributed by atoms with E-state index in [0.29, 0.717) is 0 Å². The van der Waals surface area contributed by atoms with Gasteiger partial charge in [-0.2, -0.15) is 0 Å². The molecule has 0 saturated heterocycles. The summed E-state index contributed by atoms with van der Waals surface area (Å²) in [4.78, 5) is 0. The van der Waals surface area contributed by atoms with E-state index in [9.17, 15) is 0 Å². The zero-order chi connectivity index (χ0) is 14.4. The maximum absolute atomic E-state index is 1.69. The first-order chi connectivity index (χ1) is 10.7. The third kappa shape index (κ3) is 2.15. The van der Waals surface area contributed by atoms with Crippen LogP contribution in [0.2, 0.25) is 0 Å². The Kier molecular flexibility index (Phi) is 3.02. The molecule has 2 heteroatoms. The van der Waals surface area contributed by atoms with Gasteiger partial charge < -0.3 is 0 Å². The van der Waals surface area contributed by atoms with Crippen LogP contribution in [0.3, 0.4) is 0 Å². The molecule has 2 unspecified atom stereocenters. The van der Waals surface area contributed by atoms with Crippen LogP contribution in [-0.2, 0) is 0 Å². The summed E-state index contributed by atoms with van der Waals surface area (Å²) < 4.78 is 0. The van der Waals surface area contributed by atoms with Crippen molar-refractivity contribution in [1.29, 1.82) is 0 Å². The fraction of sp³-hybridized carbons (Fsp3) is 1.00. The van der Waals surface area contributed by atoms with Crippen molar-refractivity contribution in [1.82, 2.24) is 0 Å². The summed E-state index contributed by atoms with van der Waals surface area (Å²) in [7, 11) is 2.22. The Morgan fingerprint density at radius 1 is 0.545 bits per heavy atom. The Labute approximate surface area is 139 Å². The third-order valence-corrected chi connectivity index (χ3v) is 15.6. The van der Waals surface area contributed by atoms with Gasteiger partial charge in [-0.1, -0.05) is 0 Å². The van der Waals surface area contributed by atoms with Crippen molar-refractivity contribution < 1.29 is 0 Å². The highest BCUT2D eigenvalue weighted by atomic mass is 32.0. The van der Waals surface area contributed by atoms with Crippen LogP contribution in [0.5, 0.6) is 0 Å². The van der Waals surface area contributed by atoms with Crippen LogP contribution in [0.25, 0.3) is 0 Å². The Morgan fingerprint density at radius 2 is 0.909 bits per heavy atom. The molecule has 8 aliphatic rings. The molecule has 0 amide bonds. The van der Waals surface area contributed by atoms with Crippen molar-refractivity contribution >= 4 is 16.5 Å². The molecule has 8 saturated carbocycles. The summed E-state index contributed by atoms with van der Waals surface area (Å²) in [5, 5.41) is 1.85. The molecule has 2 atom stereocenters. The maximum Gasteiger partial charge on any atom is 0.0782 e. The Balaban J connectivity index is 1.20. The lowest BCUT2D eigenvalue weighted by Gasteiger charge is -2.57. The molecule has 0 aromatic carbocycles. The van der Waals surface area contributed by atoms with Crippen LogP contribution in [0, 0.1) is 35.5 Å². The first-order valence-electron chi connectivity index (χ1n) is 10.3. The standard InChI is InChI=1S/C20H32P2/c1-13-2-15-3-14(1)8-19(7-13,9-15)21-22-20-10-16-4-17(11-20)6-18(5-16)12-20/h13-18,21-22H,1-12H2/p+1. The van der Waals surface area contributed by atoms with E-state index in [1.165, 1.54) is 43.8 Å². The molecule has 8 bridgehead atoms. The van der Waals surface area contributed by atoms with E-state index in [4.69, 9.17) is 0 Å². The van der Waals surface area contributed by atoms with Gasteiger partial charge in [0, 0.05) is 21.7 Å². The van der Waals surface area contributed by atoms with Gasteiger partial charge in [0.1, 0.15) is 0 Å². The minimum Gasteiger partial charge on any atom is -0.0475 e. The summed E-state index contributed by atoms with van der Waals surface area (Å²) in [6.07, 6.45) is 19.9. The zero-order valence-corrected chi connectivity index (χ0v) is 16.2. The van der Waals surface area contributed by atoms with Crippen LogP contribution >= 0.6 is 16.5 Å². The lowest BCUT2D eigenvalue weighted by Crippen LogP contribution is -2.49. The second-order valence-electron chi connectivity index (χ2n) is 10.8. The second kappa shape index (κ2) is 4.73. The highest BCUT2D eigenvalue weighted by molar-refractivity contribution is 8.13. The topological polar surface area (TPSA) is 0 Å². The van der Waals surface area contributed by atoms with E-state index >= 15 is 0 Å². The van der Waals surface area contributed by atoms with Gasteiger partial charge in [0.05, 0.1) is 5.16 Å². The zero-order valence-electron chi connectivity index (χ0n) is 14.0. The average Bonchev–Trinajstić information content (AvgIpc) is 2.42. The summed E-state index contributed by atoms with van der Waals surface area (Å²) in [6, 6.07) is 0. The second-order valence-corrected chi connectivity index (χ2v) is 15.4. The molecule has 8 aliphatic carbocycles. The fourth-order valence-corrected chi connectivity index (χ4v) is 16.1. The van der Waals surface area contributed by atoms with E-state index in [1.807, 2.05) is 0 Å². The predicted octanol–water partition coefficient (Wildman–Crippen LogP) is 5.93. The summed E-state index contributed by atoms with van der Waals surface area (Å²) >= 11 is 0. The van der Waals surface area contributed by atoms with E-state index in [0.717, 1.165) is 18.6 Å². The van der Waals surface area contributed by atoms with Crippen LogP contribution in [0.15, 0.2) is 0 Å². The molecule has 0 radical (unpaired) electrons. The molecule has 0 aliphatic heterocycles. The normalized spacial score (nSPS) is 62.2. The molecule has 0 nitrogen and oxygen atoms in total. The van der Waals surface area contributed by atoms with Crippen molar-refractivity contribution in [2.45, 2.75) is 87.4 Å². The minimum atomic E-state index is 0.788. The van der Waals surface area contributed by atoms with Gasteiger partial charge in [0.15, 0.2) is 0 Å². The summed E-state index contributed by atoms with van der Waals surface area (Å²) in [5.74, 6) is 7.07. The lowest BCUT2D eigenvalue weighted by atomic mass is 9.56. The molecule has 0 aromatic heterocycles. The van der Waals surface area contributed by atoms with E-state index in [-0.39, 0.29) is 0 Å². The summed E-state index contributed by atoms with van der Waals surface area (Å²) in [6.45, 7) is 0. The number of rotatable bonds is 3. The van der Waals surface area contributed by atoms with Gasteiger partial charge in [-0.25, -0.2) is 0 Å². The predicted molar refractivity (Wildman–Crippen MR) is 99.8 cm³/mol. The first-order valence-corrected chi connectivity index (χ1v) is 13.7. The lowest BCUT2D eigenvalue weighted by molar-refractivity contribution is 0.0350. The third-order valence-electron chi connectivity index (χ3n) is 8.81. The molecule has 0 spiro atoms. The minimum absolute atomic E-state index is 0.788. The van der Waals surface area contributed by atoms with Crippen LogP contribution in [0.1, 0.15) is 77.0 Å². The van der Waals surface area contributed by atoms with Crippen LogP contribution in [-0.4, -0.2) is 10.3 Å². The quantitative estimate of drug-likeness (QED) is 0.561. The van der Waals surface area contributed by atoms with Crippen molar-refractivity contribution in [2.75, 3.05) is 0 Å². The van der Waals surface area contributed by atoms with Gasteiger partial charge in [0.25, 0.3) is 0 Å². The van der Waals surface area contributed by atoms with Gasteiger partial charge in [-0.15, -0.1) is 0 Å². The molecule has 0 N–H and O–H groups in total. The SMILES string of the molecule is C1C2CC3CC1CC(P[PH2+]C14CC5CC(CC(C5)C1)C4)(C2)C3. The maximum atomic E-state index is 1.69. The molecule has 0 aromatic rings.